The fourth-order valence-corrected chi connectivity index (χ4v) is 1.06. The van der Waals surface area contributed by atoms with E-state index < -0.39 is 0 Å². The van der Waals surface area contributed by atoms with Crippen molar-refractivity contribution < 1.29 is 4.74 Å². The maximum Gasteiger partial charge on any atom is 0.0541 e. The van der Waals surface area contributed by atoms with E-state index in [9.17, 15) is 0 Å². The van der Waals surface area contributed by atoms with Gasteiger partial charge < -0.3 is 10.1 Å². The van der Waals surface area contributed by atoms with E-state index in [0.29, 0.717) is 0 Å². The molecule has 0 aromatic carbocycles. The van der Waals surface area contributed by atoms with E-state index in [1.165, 1.54) is 0 Å². The normalized spacial score (nSPS) is 9.50. The number of halogens is 1. The molecular weight excluding hydrogens is 200 g/mol. The lowest BCUT2D eigenvalue weighted by molar-refractivity contribution is 0.194. The van der Waals surface area contributed by atoms with E-state index in [1.54, 1.807) is 7.11 Å². The summed E-state index contributed by atoms with van der Waals surface area (Å²) >= 11 is 0. The van der Waals surface area contributed by atoms with Gasteiger partial charge in [0, 0.05) is 26.5 Å². The minimum Gasteiger partial charge on any atom is -0.385 e. The summed E-state index contributed by atoms with van der Waals surface area (Å²) in [7, 11) is 1.72. The molecule has 14 heavy (non-hydrogen) atoms. The van der Waals surface area contributed by atoms with Crippen LogP contribution in [-0.4, -0.2) is 25.2 Å². The molecule has 1 N–H and O–H groups in total. The summed E-state index contributed by atoms with van der Waals surface area (Å²) in [6.45, 7) is 2.63. The van der Waals surface area contributed by atoms with Crippen molar-refractivity contribution in [2.75, 3.05) is 20.3 Å². The number of nitrogens with zero attached hydrogens (tertiary/aromatic N) is 1. The molecular formula is C10H17ClN2O. The highest BCUT2D eigenvalue weighted by atomic mass is 35.5. The molecule has 0 unspecified atom stereocenters. The van der Waals surface area contributed by atoms with Crippen molar-refractivity contribution in [1.29, 1.82) is 0 Å². The average Bonchev–Trinajstić information content (AvgIpc) is 2.19. The molecule has 0 spiro atoms. The number of methoxy groups -OCH3 is 1. The first kappa shape index (κ1) is 13.4. The van der Waals surface area contributed by atoms with Crippen molar-refractivity contribution >= 4 is 12.4 Å². The Bertz CT molecular complexity index is 219. The van der Waals surface area contributed by atoms with Crippen LogP contribution < -0.4 is 5.32 Å². The number of nitrogens with one attached hydrogen (secondary N) is 1. The van der Waals surface area contributed by atoms with Crippen LogP contribution in [0.4, 0.5) is 0 Å². The molecule has 4 heteroatoms. The lowest BCUT2D eigenvalue weighted by Gasteiger charge is -2.02. The van der Waals surface area contributed by atoms with Gasteiger partial charge in [-0.2, -0.15) is 0 Å². The molecule has 0 radical (unpaired) electrons. The van der Waals surface area contributed by atoms with Gasteiger partial charge >= 0.3 is 0 Å². The third-order valence-electron chi connectivity index (χ3n) is 1.73. The second kappa shape index (κ2) is 8.94. The summed E-state index contributed by atoms with van der Waals surface area (Å²) in [5, 5.41) is 3.29. The first-order chi connectivity index (χ1) is 6.43. The summed E-state index contributed by atoms with van der Waals surface area (Å²) in [4.78, 5) is 4.20. The van der Waals surface area contributed by atoms with E-state index in [2.05, 4.69) is 10.3 Å². The van der Waals surface area contributed by atoms with Gasteiger partial charge in [-0.1, -0.05) is 6.07 Å². The smallest absolute Gasteiger partial charge is 0.0541 e. The molecule has 0 aliphatic heterocycles. The van der Waals surface area contributed by atoms with Crippen LogP contribution in [0.3, 0.4) is 0 Å². The van der Waals surface area contributed by atoms with Gasteiger partial charge in [-0.15, -0.1) is 12.4 Å². The van der Waals surface area contributed by atoms with E-state index in [-0.39, 0.29) is 12.4 Å². The van der Waals surface area contributed by atoms with Crippen LogP contribution in [0.1, 0.15) is 12.1 Å². The number of aromatic nitrogens is 1. The van der Waals surface area contributed by atoms with Crippen molar-refractivity contribution in [1.82, 2.24) is 10.3 Å². The van der Waals surface area contributed by atoms with Crippen LogP contribution in [-0.2, 0) is 11.3 Å². The Labute approximate surface area is 91.3 Å². The van der Waals surface area contributed by atoms with Gasteiger partial charge in [-0.3, -0.25) is 4.98 Å². The topological polar surface area (TPSA) is 34.1 Å². The van der Waals surface area contributed by atoms with E-state index in [0.717, 1.165) is 31.8 Å². The zero-order valence-electron chi connectivity index (χ0n) is 8.40. The Hall–Kier alpha value is -0.640. The maximum absolute atomic E-state index is 4.94. The summed E-state index contributed by atoms with van der Waals surface area (Å²) < 4.78 is 4.94. The first-order valence-corrected chi connectivity index (χ1v) is 4.53. The molecule has 80 valence electrons. The zero-order valence-corrected chi connectivity index (χ0v) is 9.22. The van der Waals surface area contributed by atoms with Crippen molar-refractivity contribution in [3.8, 4) is 0 Å². The monoisotopic (exact) mass is 216 g/mol. The fourth-order valence-electron chi connectivity index (χ4n) is 1.06. The number of rotatable bonds is 6. The number of hydrogen-bond acceptors (Lipinski definition) is 3. The molecule has 3 nitrogen and oxygen atoms in total. The number of ether oxygens (including phenoxy) is 1. The summed E-state index contributed by atoms with van der Waals surface area (Å²) in [5.74, 6) is 0. The molecule has 0 aliphatic rings. The van der Waals surface area contributed by atoms with Gasteiger partial charge in [-0.25, -0.2) is 0 Å². The van der Waals surface area contributed by atoms with Crippen molar-refractivity contribution in [2.45, 2.75) is 13.0 Å². The number of pyridine rings is 1. The highest BCUT2D eigenvalue weighted by molar-refractivity contribution is 5.85. The van der Waals surface area contributed by atoms with Crippen LogP contribution in [0.15, 0.2) is 24.4 Å². The summed E-state index contributed by atoms with van der Waals surface area (Å²) in [6, 6.07) is 5.94. The van der Waals surface area contributed by atoms with Crippen molar-refractivity contribution in [3.63, 3.8) is 0 Å². The molecule has 0 bridgehead atoms. The maximum atomic E-state index is 4.94. The Balaban J connectivity index is 0.00000169. The Morgan fingerprint density at radius 2 is 2.29 bits per heavy atom. The van der Waals surface area contributed by atoms with Gasteiger partial charge in [0.15, 0.2) is 0 Å². The minimum atomic E-state index is 0. The Kier molecular flexibility index (Phi) is 8.53. The molecule has 0 amide bonds. The van der Waals surface area contributed by atoms with Crippen molar-refractivity contribution in [2.24, 2.45) is 0 Å². The minimum absolute atomic E-state index is 0. The highest BCUT2D eigenvalue weighted by Gasteiger charge is 1.91. The molecule has 1 aromatic rings. The third kappa shape index (κ3) is 5.91. The molecule has 0 atom stereocenters. The van der Waals surface area contributed by atoms with Gasteiger partial charge in [-0.05, 0) is 25.1 Å². The second-order valence-electron chi connectivity index (χ2n) is 2.84. The molecule has 1 rings (SSSR count). The average molecular weight is 217 g/mol. The summed E-state index contributed by atoms with van der Waals surface area (Å²) in [6.07, 6.45) is 2.86. The van der Waals surface area contributed by atoms with Crippen LogP contribution in [0, 0.1) is 0 Å². The Morgan fingerprint density at radius 3 is 2.93 bits per heavy atom. The molecule has 0 saturated heterocycles. The molecule has 0 fully saturated rings. The SMILES string of the molecule is COCCCNCc1ccccn1.Cl. The van der Waals surface area contributed by atoms with E-state index in [4.69, 9.17) is 4.74 Å². The molecule has 1 heterocycles. The second-order valence-corrected chi connectivity index (χ2v) is 2.84. The van der Waals surface area contributed by atoms with Crippen LogP contribution in [0.5, 0.6) is 0 Å². The van der Waals surface area contributed by atoms with Gasteiger partial charge in [0.05, 0.1) is 5.69 Å². The van der Waals surface area contributed by atoms with Gasteiger partial charge in [0.25, 0.3) is 0 Å². The van der Waals surface area contributed by atoms with Crippen molar-refractivity contribution in [3.05, 3.63) is 30.1 Å². The third-order valence-corrected chi connectivity index (χ3v) is 1.73. The number of hydrogen-bond donors (Lipinski definition) is 1. The van der Waals surface area contributed by atoms with Crippen LogP contribution >= 0.6 is 12.4 Å². The van der Waals surface area contributed by atoms with Gasteiger partial charge in [0.2, 0.25) is 0 Å². The predicted molar refractivity (Wildman–Crippen MR) is 59.7 cm³/mol. The van der Waals surface area contributed by atoms with Crippen LogP contribution in [0.25, 0.3) is 0 Å². The standard InChI is InChI=1S/C10H16N2O.ClH/c1-13-8-4-6-11-9-10-5-2-3-7-12-10;/h2-3,5,7,11H,4,6,8-9H2,1H3;1H. The Morgan fingerprint density at radius 1 is 1.43 bits per heavy atom. The van der Waals surface area contributed by atoms with E-state index in [1.807, 2.05) is 24.4 Å². The zero-order chi connectivity index (χ0) is 9.36. The molecule has 1 aromatic heterocycles. The lowest BCUT2D eigenvalue weighted by atomic mass is 10.3. The van der Waals surface area contributed by atoms with Crippen LogP contribution in [0.2, 0.25) is 0 Å². The van der Waals surface area contributed by atoms with Gasteiger partial charge in [0.1, 0.15) is 0 Å². The van der Waals surface area contributed by atoms with E-state index >= 15 is 0 Å². The molecule has 0 saturated carbocycles. The predicted octanol–water partition coefficient (Wildman–Crippen LogP) is 1.63. The first-order valence-electron chi connectivity index (χ1n) is 4.53. The molecule has 0 aliphatic carbocycles. The quantitative estimate of drug-likeness (QED) is 0.734. The summed E-state index contributed by atoms with van der Waals surface area (Å²) in [5.41, 5.74) is 1.08. The highest BCUT2D eigenvalue weighted by Crippen LogP contribution is 1.91. The lowest BCUT2D eigenvalue weighted by Crippen LogP contribution is -2.16. The largest absolute Gasteiger partial charge is 0.385 e. The fraction of sp³-hybridized carbons (Fsp3) is 0.500.